The second-order valence-electron chi connectivity index (χ2n) is 7.22. The highest BCUT2D eigenvalue weighted by molar-refractivity contribution is 6.06. The number of carbonyl (C=O) groups excluding carboxylic acids is 2. The van der Waals surface area contributed by atoms with Gasteiger partial charge in [-0.3, -0.25) is 4.79 Å². The first-order valence-electron chi connectivity index (χ1n) is 9.99. The molecule has 0 saturated heterocycles. The van der Waals surface area contributed by atoms with Gasteiger partial charge in [-0.15, -0.1) is 0 Å². The van der Waals surface area contributed by atoms with Crippen molar-refractivity contribution >= 4 is 22.8 Å². The van der Waals surface area contributed by atoms with Gasteiger partial charge in [0.25, 0.3) is 5.91 Å². The number of nitrogens with zero attached hydrogens (tertiary/aromatic N) is 1. The molecule has 6 heteroatoms. The number of esters is 1. The lowest BCUT2D eigenvalue weighted by Crippen LogP contribution is -2.31. The van der Waals surface area contributed by atoms with Crippen LogP contribution in [0.5, 0.6) is 0 Å². The molecule has 1 N–H and O–H groups in total. The Hall–Kier alpha value is -3.93. The van der Waals surface area contributed by atoms with E-state index < -0.39 is 11.9 Å². The van der Waals surface area contributed by atoms with Crippen LogP contribution in [0.2, 0.25) is 0 Å². The maximum atomic E-state index is 13.0. The third kappa shape index (κ3) is 4.33. The third-order valence-electron chi connectivity index (χ3n) is 5.07. The van der Waals surface area contributed by atoms with Gasteiger partial charge in [0, 0.05) is 10.9 Å². The molecule has 0 aliphatic carbocycles. The summed E-state index contributed by atoms with van der Waals surface area (Å²) < 4.78 is 10.7. The third-order valence-corrected chi connectivity index (χ3v) is 5.07. The Morgan fingerprint density at radius 3 is 2.52 bits per heavy atom. The number of carbonyl (C=O) groups is 2. The molecule has 0 radical (unpaired) electrons. The molecule has 0 spiro atoms. The molecule has 0 unspecified atom stereocenters. The lowest BCUT2D eigenvalue weighted by atomic mass is 9.98. The topological polar surface area (TPSA) is 81.4 Å². The molecule has 0 saturated carbocycles. The van der Waals surface area contributed by atoms with Gasteiger partial charge in [0.2, 0.25) is 0 Å². The van der Waals surface area contributed by atoms with Gasteiger partial charge in [0.05, 0.1) is 29.1 Å². The summed E-state index contributed by atoms with van der Waals surface area (Å²) in [7, 11) is 0. The monoisotopic (exact) mass is 414 g/mol. The van der Waals surface area contributed by atoms with Crippen molar-refractivity contribution in [3.8, 4) is 11.3 Å². The molecule has 6 nitrogen and oxygen atoms in total. The van der Waals surface area contributed by atoms with Crippen molar-refractivity contribution in [3.05, 3.63) is 89.9 Å². The number of hydrogen-bond acceptors (Lipinski definition) is 5. The van der Waals surface area contributed by atoms with Crippen LogP contribution in [0.25, 0.3) is 22.2 Å². The highest BCUT2D eigenvalue weighted by Gasteiger charge is 2.21. The molecule has 0 aliphatic rings. The van der Waals surface area contributed by atoms with E-state index in [-0.39, 0.29) is 12.6 Å². The molecule has 0 bridgehead atoms. The van der Waals surface area contributed by atoms with E-state index in [2.05, 4.69) is 5.32 Å². The molecular weight excluding hydrogens is 392 g/mol. The van der Waals surface area contributed by atoms with Gasteiger partial charge in [0.1, 0.15) is 5.76 Å². The first kappa shape index (κ1) is 20.3. The first-order valence-corrected chi connectivity index (χ1v) is 9.99. The minimum atomic E-state index is -0.561. The van der Waals surface area contributed by atoms with Crippen molar-refractivity contribution in [1.82, 2.24) is 10.3 Å². The van der Waals surface area contributed by atoms with Crippen LogP contribution in [0.4, 0.5) is 0 Å². The van der Waals surface area contributed by atoms with Gasteiger partial charge in [-0.05, 0) is 37.6 Å². The van der Waals surface area contributed by atoms with Crippen molar-refractivity contribution < 1.29 is 18.7 Å². The zero-order valence-corrected chi connectivity index (χ0v) is 17.3. The smallest absolute Gasteiger partial charge is 0.339 e. The van der Waals surface area contributed by atoms with Crippen molar-refractivity contribution in [2.75, 3.05) is 6.61 Å². The molecule has 4 aromatic rings. The van der Waals surface area contributed by atoms with Crippen LogP contribution in [-0.2, 0) is 9.53 Å². The van der Waals surface area contributed by atoms with E-state index in [0.29, 0.717) is 33.5 Å². The van der Waals surface area contributed by atoms with Gasteiger partial charge in [-0.25, -0.2) is 9.78 Å². The minimum Gasteiger partial charge on any atom is -0.467 e. The fourth-order valence-corrected chi connectivity index (χ4v) is 3.54. The summed E-state index contributed by atoms with van der Waals surface area (Å²) in [6, 6.07) is 20.3. The summed E-state index contributed by atoms with van der Waals surface area (Å²) in [5.41, 5.74) is 3.43. The molecule has 31 heavy (non-hydrogen) atoms. The maximum absolute atomic E-state index is 13.0. The Labute approximate surface area is 179 Å². The van der Waals surface area contributed by atoms with Gasteiger partial charge in [-0.2, -0.15) is 0 Å². The number of rotatable bonds is 6. The van der Waals surface area contributed by atoms with Crippen molar-refractivity contribution in [1.29, 1.82) is 0 Å². The quantitative estimate of drug-likeness (QED) is 0.457. The summed E-state index contributed by atoms with van der Waals surface area (Å²) >= 11 is 0. The van der Waals surface area contributed by atoms with Gasteiger partial charge in [-0.1, -0.05) is 48.5 Å². The van der Waals surface area contributed by atoms with Crippen LogP contribution in [0, 0.1) is 6.92 Å². The number of aromatic nitrogens is 1. The number of amides is 1. The maximum Gasteiger partial charge on any atom is 0.339 e. The molecule has 2 aromatic carbocycles. The standard InChI is InChI=1S/C25H22N2O4/c1-16-23(25(29)31-15-22(28)26-17(2)21-13-8-14-30-21)19-11-6-7-12-20(19)27-24(16)18-9-4-3-5-10-18/h3-14,17H,15H2,1-2H3,(H,26,28)/t17-/m1/s1. The van der Waals surface area contributed by atoms with E-state index in [1.165, 1.54) is 0 Å². The fourth-order valence-electron chi connectivity index (χ4n) is 3.54. The normalized spacial score (nSPS) is 11.8. The highest BCUT2D eigenvalue weighted by Crippen LogP contribution is 2.30. The van der Waals surface area contributed by atoms with Crippen molar-refractivity contribution in [2.45, 2.75) is 19.9 Å². The first-order chi connectivity index (χ1) is 15.0. The molecule has 0 fully saturated rings. The van der Waals surface area contributed by atoms with E-state index in [9.17, 15) is 9.59 Å². The van der Waals surface area contributed by atoms with E-state index in [1.807, 2.05) is 61.5 Å². The predicted molar refractivity (Wildman–Crippen MR) is 117 cm³/mol. The number of furan rings is 1. The lowest BCUT2D eigenvalue weighted by Gasteiger charge is -2.15. The van der Waals surface area contributed by atoms with Crippen molar-refractivity contribution in [3.63, 3.8) is 0 Å². The van der Waals surface area contributed by atoms with E-state index >= 15 is 0 Å². The Balaban J connectivity index is 1.58. The molecule has 2 heterocycles. The summed E-state index contributed by atoms with van der Waals surface area (Å²) in [5, 5.41) is 3.44. The van der Waals surface area contributed by atoms with Crippen LogP contribution in [0.15, 0.2) is 77.4 Å². The van der Waals surface area contributed by atoms with Gasteiger partial charge in [0.15, 0.2) is 6.61 Å². The summed E-state index contributed by atoms with van der Waals surface area (Å²) in [5.74, 6) is -0.339. The molecular formula is C25H22N2O4. The number of fused-ring (bicyclic) bond motifs is 1. The van der Waals surface area contributed by atoms with E-state index in [4.69, 9.17) is 14.1 Å². The molecule has 2 aromatic heterocycles. The van der Waals surface area contributed by atoms with Crippen LogP contribution < -0.4 is 5.32 Å². The molecule has 4 rings (SSSR count). The van der Waals surface area contributed by atoms with Crippen LogP contribution >= 0.6 is 0 Å². The SMILES string of the molecule is Cc1c(-c2ccccc2)nc2ccccc2c1C(=O)OCC(=O)N[C@H](C)c1ccco1. The number of nitrogens with one attached hydrogen (secondary N) is 1. The Morgan fingerprint density at radius 2 is 1.77 bits per heavy atom. The lowest BCUT2D eigenvalue weighted by molar-refractivity contribution is -0.125. The number of para-hydroxylation sites is 1. The van der Waals surface area contributed by atoms with Crippen LogP contribution in [-0.4, -0.2) is 23.5 Å². The second-order valence-corrected chi connectivity index (χ2v) is 7.22. The highest BCUT2D eigenvalue weighted by atomic mass is 16.5. The predicted octanol–water partition coefficient (Wildman–Crippen LogP) is 4.84. The largest absolute Gasteiger partial charge is 0.467 e. The molecule has 1 atom stereocenters. The zero-order valence-electron chi connectivity index (χ0n) is 17.3. The molecule has 1 amide bonds. The van der Waals surface area contributed by atoms with Gasteiger partial charge < -0.3 is 14.5 Å². The summed E-state index contributed by atoms with van der Waals surface area (Å²) in [6.07, 6.45) is 1.54. The average molecular weight is 414 g/mol. The Bertz CT molecular complexity index is 1220. The molecule has 156 valence electrons. The number of ether oxygens (including phenoxy) is 1. The van der Waals surface area contributed by atoms with E-state index in [1.54, 1.807) is 25.3 Å². The second kappa shape index (κ2) is 8.83. The summed E-state index contributed by atoms with van der Waals surface area (Å²) in [6.45, 7) is 3.25. The van der Waals surface area contributed by atoms with E-state index in [0.717, 1.165) is 5.56 Å². The fraction of sp³-hybridized carbons (Fsp3) is 0.160. The minimum absolute atomic E-state index is 0.325. The number of pyridine rings is 1. The Morgan fingerprint density at radius 1 is 1.03 bits per heavy atom. The van der Waals surface area contributed by atoms with Crippen molar-refractivity contribution in [2.24, 2.45) is 0 Å². The Kier molecular flexibility index (Phi) is 5.80. The summed E-state index contributed by atoms with van der Waals surface area (Å²) in [4.78, 5) is 30.1. The zero-order chi connectivity index (χ0) is 21.8. The molecule has 0 aliphatic heterocycles. The number of hydrogen-bond donors (Lipinski definition) is 1. The average Bonchev–Trinajstić information content (AvgIpc) is 3.33. The van der Waals surface area contributed by atoms with Crippen LogP contribution in [0.1, 0.15) is 34.6 Å². The van der Waals surface area contributed by atoms with Crippen LogP contribution in [0.3, 0.4) is 0 Å². The van der Waals surface area contributed by atoms with Gasteiger partial charge >= 0.3 is 5.97 Å². The number of benzene rings is 2.